The molecule has 1 aromatic heterocycles. The van der Waals surface area contributed by atoms with Crippen molar-refractivity contribution in [3.63, 3.8) is 0 Å². The number of carbonyl (C=O) groups excluding carboxylic acids is 1. The number of hydrogen-bond donors (Lipinski definition) is 1. The first-order valence-corrected chi connectivity index (χ1v) is 6.74. The summed E-state index contributed by atoms with van der Waals surface area (Å²) >= 11 is 0. The molecule has 1 aromatic carbocycles. The van der Waals surface area contributed by atoms with Crippen molar-refractivity contribution < 1.29 is 18.0 Å². The van der Waals surface area contributed by atoms with Crippen LogP contribution in [0.3, 0.4) is 0 Å². The molecule has 0 aliphatic carbocycles. The Balaban J connectivity index is 1.95. The number of hydrogen-bond acceptors (Lipinski definition) is 2. The average Bonchev–Trinajstić information content (AvgIpc) is 2.52. The van der Waals surface area contributed by atoms with Crippen molar-refractivity contribution >= 4 is 5.91 Å². The van der Waals surface area contributed by atoms with E-state index in [-0.39, 0.29) is 11.5 Å². The number of nitrogens with zero attached hydrogens (tertiary/aromatic N) is 1. The first kappa shape index (κ1) is 16.0. The smallest absolute Gasteiger partial charge is 0.351 e. The lowest BCUT2D eigenvalue weighted by Gasteiger charge is -2.13. The normalized spacial score (nSPS) is 12.7. The Kier molecular flexibility index (Phi) is 4.80. The monoisotopic (exact) mass is 308 g/mol. The Hall–Kier alpha value is -2.37. The van der Waals surface area contributed by atoms with E-state index in [0.717, 1.165) is 23.9 Å². The molecule has 116 valence electrons. The van der Waals surface area contributed by atoms with Gasteiger partial charge in [0.2, 0.25) is 0 Å². The summed E-state index contributed by atoms with van der Waals surface area (Å²) in [5.74, 6) is -0.337. The molecule has 1 unspecified atom stereocenters. The van der Waals surface area contributed by atoms with E-state index in [1.807, 2.05) is 37.3 Å². The minimum atomic E-state index is -4.50. The maximum atomic E-state index is 12.4. The molecule has 22 heavy (non-hydrogen) atoms. The van der Waals surface area contributed by atoms with Gasteiger partial charge < -0.3 is 5.32 Å². The third-order valence-electron chi connectivity index (χ3n) is 3.25. The number of pyridine rings is 1. The van der Waals surface area contributed by atoms with Crippen LogP contribution in [0.1, 0.15) is 34.5 Å². The third kappa shape index (κ3) is 4.07. The molecule has 6 heteroatoms. The fraction of sp³-hybridized carbons (Fsp3) is 0.250. The molecule has 1 amide bonds. The molecular weight excluding hydrogens is 293 g/mol. The van der Waals surface area contributed by atoms with Gasteiger partial charge in [0.25, 0.3) is 5.91 Å². The summed E-state index contributed by atoms with van der Waals surface area (Å²) in [4.78, 5) is 15.2. The second-order valence-corrected chi connectivity index (χ2v) is 4.95. The van der Waals surface area contributed by atoms with Crippen LogP contribution in [-0.4, -0.2) is 17.4 Å². The predicted octanol–water partition coefficient (Wildman–Crippen LogP) is 3.63. The fourth-order valence-electron chi connectivity index (χ4n) is 1.94. The molecule has 2 aromatic rings. The number of nitrogens with one attached hydrogen (secondary N) is 1. The van der Waals surface area contributed by atoms with E-state index >= 15 is 0 Å². The van der Waals surface area contributed by atoms with E-state index in [9.17, 15) is 18.0 Å². The van der Waals surface area contributed by atoms with E-state index in [1.54, 1.807) is 0 Å². The van der Waals surface area contributed by atoms with E-state index in [1.165, 1.54) is 0 Å². The van der Waals surface area contributed by atoms with Crippen LogP contribution in [0.5, 0.6) is 0 Å². The van der Waals surface area contributed by atoms with Crippen LogP contribution in [0, 0.1) is 0 Å². The quantitative estimate of drug-likeness (QED) is 0.937. The predicted molar refractivity (Wildman–Crippen MR) is 76.4 cm³/mol. The molecule has 1 atom stereocenters. The number of carbonyl (C=O) groups is 1. The minimum absolute atomic E-state index is 0.104. The number of benzene rings is 1. The van der Waals surface area contributed by atoms with Gasteiger partial charge in [0.05, 0.1) is 5.56 Å². The molecule has 3 nitrogen and oxygen atoms in total. The molecule has 1 heterocycles. The molecular formula is C16H15F3N2O. The van der Waals surface area contributed by atoms with Crippen molar-refractivity contribution in [1.82, 2.24) is 10.3 Å². The lowest BCUT2D eigenvalue weighted by molar-refractivity contribution is -0.141. The Morgan fingerprint density at radius 1 is 1.18 bits per heavy atom. The van der Waals surface area contributed by atoms with Crippen LogP contribution in [0.4, 0.5) is 13.2 Å². The average molecular weight is 308 g/mol. The lowest BCUT2D eigenvalue weighted by Crippen LogP contribution is -2.27. The topological polar surface area (TPSA) is 42.0 Å². The summed E-state index contributed by atoms with van der Waals surface area (Å²) in [7, 11) is 0. The van der Waals surface area contributed by atoms with Gasteiger partial charge in [0.15, 0.2) is 0 Å². The number of halogens is 3. The molecule has 1 N–H and O–H groups in total. The largest absolute Gasteiger partial charge is 0.433 e. The van der Waals surface area contributed by atoms with E-state index < -0.39 is 17.8 Å². The van der Waals surface area contributed by atoms with Gasteiger partial charge in [0.1, 0.15) is 5.69 Å². The fourth-order valence-corrected chi connectivity index (χ4v) is 1.94. The summed E-state index contributed by atoms with van der Waals surface area (Å²) in [6.45, 7) is 2.35. The molecule has 2 rings (SSSR count). The van der Waals surface area contributed by atoms with Crippen LogP contribution >= 0.6 is 0 Å². The van der Waals surface area contributed by atoms with Crippen molar-refractivity contribution in [2.24, 2.45) is 0 Å². The zero-order chi connectivity index (χ0) is 16.2. The summed E-state index contributed by atoms with van der Waals surface area (Å²) in [6.07, 6.45) is -3.57. The van der Waals surface area contributed by atoms with Crippen LogP contribution < -0.4 is 5.32 Å². The molecule has 0 saturated carbocycles. The van der Waals surface area contributed by atoms with Gasteiger partial charge in [0, 0.05) is 12.7 Å². The number of rotatable bonds is 4. The Bertz CT molecular complexity index is 624. The van der Waals surface area contributed by atoms with Gasteiger partial charge >= 0.3 is 6.18 Å². The zero-order valence-electron chi connectivity index (χ0n) is 11.9. The van der Waals surface area contributed by atoms with Gasteiger partial charge in [-0.3, -0.25) is 9.78 Å². The van der Waals surface area contributed by atoms with E-state index in [4.69, 9.17) is 0 Å². The van der Waals surface area contributed by atoms with E-state index in [2.05, 4.69) is 10.3 Å². The maximum Gasteiger partial charge on any atom is 0.433 e. The van der Waals surface area contributed by atoms with Crippen LogP contribution in [0.25, 0.3) is 0 Å². The highest BCUT2D eigenvalue weighted by Gasteiger charge is 2.32. The van der Waals surface area contributed by atoms with Crippen molar-refractivity contribution in [2.45, 2.75) is 19.0 Å². The van der Waals surface area contributed by atoms with Gasteiger partial charge in [-0.15, -0.1) is 0 Å². The molecule has 0 radical (unpaired) electrons. The third-order valence-corrected chi connectivity index (χ3v) is 3.25. The van der Waals surface area contributed by atoms with Crippen molar-refractivity contribution in [3.05, 3.63) is 65.5 Å². The van der Waals surface area contributed by atoms with Crippen molar-refractivity contribution in [3.8, 4) is 0 Å². The molecule has 0 spiro atoms. The second kappa shape index (κ2) is 6.60. The van der Waals surface area contributed by atoms with E-state index in [0.29, 0.717) is 6.54 Å². The molecule has 0 fully saturated rings. The minimum Gasteiger partial charge on any atom is -0.351 e. The summed E-state index contributed by atoms with van der Waals surface area (Å²) in [5, 5.41) is 2.70. The number of aromatic nitrogens is 1. The SMILES string of the molecule is CC(CNC(=O)c1ccc(C(F)(F)F)nc1)c1ccccc1. The summed E-state index contributed by atoms with van der Waals surface area (Å²) in [5.41, 5.74) is 0.170. The van der Waals surface area contributed by atoms with Crippen LogP contribution in [0.15, 0.2) is 48.7 Å². The number of amides is 1. The Morgan fingerprint density at radius 3 is 2.41 bits per heavy atom. The van der Waals surface area contributed by atoms with Crippen LogP contribution in [-0.2, 0) is 6.18 Å². The zero-order valence-corrected chi connectivity index (χ0v) is 11.9. The Labute approximate surface area is 126 Å². The maximum absolute atomic E-state index is 12.4. The van der Waals surface area contributed by atoms with Gasteiger partial charge in [-0.25, -0.2) is 0 Å². The summed E-state index contributed by atoms with van der Waals surface area (Å²) in [6, 6.07) is 11.6. The molecule has 0 saturated heterocycles. The summed E-state index contributed by atoms with van der Waals surface area (Å²) < 4.78 is 37.2. The molecule has 0 bridgehead atoms. The molecule has 0 aliphatic rings. The highest BCUT2D eigenvalue weighted by molar-refractivity contribution is 5.93. The highest BCUT2D eigenvalue weighted by Crippen LogP contribution is 2.27. The van der Waals surface area contributed by atoms with Gasteiger partial charge in [-0.05, 0) is 23.6 Å². The van der Waals surface area contributed by atoms with Gasteiger partial charge in [-0.1, -0.05) is 37.3 Å². The number of alkyl halides is 3. The molecule has 0 aliphatic heterocycles. The van der Waals surface area contributed by atoms with Crippen molar-refractivity contribution in [2.75, 3.05) is 6.54 Å². The first-order valence-electron chi connectivity index (χ1n) is 6.74. The van der Waals surface area contributed by atoms with Gasteiger partial charge in [-0.2, -0.15) is 13.2 Å². The first-order chi connectivity index (χ1) is 10.4. The van der Waals surface area contributed by atoms with Crippen molar-refractivity contribution in [1.29, 1.82) is 0 Å². The lowest BCUT2D eigenvalue weighted by atomic mass is 10.0. The van der Waals surface area contributed by atoms with Crippen LogP contribution in [0.2, 0.25) is 0 Å². The Morgan fingerprint density at radius 2 is 1.86 bits per heavy atom. The highest BCUT2D eigenvalue weighted by atomic mass is 19.4. The second-order valence-electron chi connectivity index (χ2n) is 4.95. The standard InChI is InChI=1S/C16H15F3N2O/c1-11(12-5-3-2-4-6-12)9-21-15(22)13-7-8-14(20-10-13)16(17,18)19/h2-8,10-11H,9H2,1H3,(H,21,22).